The zero-order chi connectivity index (χ0) is 17.0. The maximum absolute atomic E-state index is 12.4. The molecule has 0 saturated carbocycles. The first-order valence-corrected chi connectivity index (χ1v) is 10.7. The summed E-state index contributed by atoms with van der Waals surface area (Å²) in [6.45, 7) is 0. The first-order valence-electron chi connectivity index (χ1n) is 7.50. The maximum atomic E-state index is 12.4. The number of rotatable bonds is 2. The zero-order valence-electron chi connectivity index (χ0n) is 12.7. The Hall–Kier alpha value is -2.33. The van der Waals surface area contributed by atoms with Crippen molar-refractivity contribution < 1.29 is 9.59 Å². The van der Waals surface area contributed by atoms with Crippen molar-refractivity contribution in [1.82, 2.24) is 14.8 Å². The fourth-order valence-corrected chi connectivity index (χ4v) is 6.43. The molecule has 0 N–H and O–H groups in total. The molecule has 5 rings (SSSR count). The van der Waals surface area contributed by atoms with Crippen molar-refractivity contribution in [3.05, 3.63) is 67.7 Å². The third kappa shape index (κ3) is 2.28. The average molecular weight is 459 g/mol. The monoisotopic (exact) mass is 461 g/mol. The second kappa shape index (κ2) is 5.60. The van der Waals surface area contributed by atoms with Crippen LogP contribution in [0.15, 0.2) is 53.7 Å². The summed E-state index contributed by atoms with van der Waals surface area (Å²) in [6.07, 6.45) is 5.44. The van der Waals surface area contributed by atoms with Gasteiger partial charge in [0, 0.05) is 0 Å². The summed E-state index contributed by atoms with van der Waals surface area (Å²) in [5.74, 6) is -0.297. The number of hydrogen-bond donors (Lipinski definition) is 0. The van der Waals surface area contributed by atoms with Crippen LogP contribution in [0.4, 0.5) is 0 Å². The predicted octanol–water partition coefficient (Wildman–Crippen LogP) is 3.00. The van der Waals surface area contributed by atoms with E-state index in [-0.39, 0.29) is 11.6 Å². The molecule has 0 saturated heterocycles. The molecule has 0 aliphatic heterocycles. The van der Waals surface area contributed by atoms with Gasteiger partial charge in [-0.2, -0.15) is 0 Å². The van der Waals surface area contributed by atoms with E-state index in [0.717, 1.165) is 14.6 Å². The number of Topliss-reactive ketones (excluding diaryl/α,β-unsaturated/α-hetero) is 2. The van der Waals surface area contributed by atoms with Crippen molar-refractivity contribution in [1.29, 1.82) is 0 Å². The normalized spacial score (nSPS) is 15.4. The molecule has 0 atom stereocenters. The number of ketones is 2. The first kappa shape index (κ1) is 15.0. The number of carbonyl (C=O) groups excluding carboxylic acids is 2. The van der Waals surface area contributed by atoms with E-state index in [1.807, 2.05) is 35.0 Å². The minimum absolute atomic E-state index is 0.144. The van der Waals surface area contributed by atoms with Crippen LogP contribution < -0.4 is 0 Å². The minimum atomic E-state index is -0.702. The van der Waals surface area contributed by atoms with Gasteiger partial charge >= 0.3 is 156 Å². The van der Waals surface area contributed by atoms with Gasteiger partial charge in [-0.25, -0.2) is 0 Å². The molecule has 5 nitrogen and oxygen atoms in total. The Morgan fingerprint density at radius 2 is 2.00 bits per heavy atom. The van der Waals surface area contributed by atoms with Gasteiger partial charge in [0.2, 0.25) is 0 Å². The fraction of sp³-hybridized carbons (Fsp3) is 0. The number of carbonyl (C=O) groups is 2. The Morgan fingerprint density at radius 3 is 2.88 bits per heavy atom. The molecule has 0 radical (unpaired) electrons. The Morgan fingerprint density at radius 1 is 1.08 bits per heavy atom. The summed E-state index contributed by atoms with van der Waals surface area (Å²) in [5.41, 5.74) is 1.67. The van der Waals surface area contributed by atoms with E-state index in [1.165, 1.54) is 15.0 Å². The van der Waals surface area contributed by atoms with Crippen LogP contribution in [0.3, 0.4) is 0 Å². The van der Waals surface area contributed by atoms with Crippen LogP contribution in [0, 0.1) is 0 Å². The molecule has 7 heteroatoms. The van der Waals surface area contributed by atoms with Crippen LogP contribution in [0.2, 0.25) is 0 Å². The molecular weight excluding hydrogens is 450 g/mol. The van der Waals surface area contributed by atoms with Gasteiger partial charge in [0.1, 0.15) is 0 Å². The van der Waals surface area contributed by atoms with E-state index in [2.05, 4.69) is 10.2 Å². The van der Waals surface area contributed by atoms with Gasteiger partial charge < -0.3 is 0 Å². The molecule has 25 heavy (non-hydrogen) atoms. The van der Waals surface area contributed by atoms with Crippen molar-refractivity contribution in [2.75, 3.05) is 0 Å². The van der Waals surface area contributed by atoms with Crippen molar-refractivity contribution in [2.45, 2.75) is 0 Å². The summed E-state index contributed by atoms with van der Waals surface area (Å²) >= 11 is 0.631. The number of allylic oxidation sites excluding steroid dienone is 1. The third-order valence-electron chi connectivity index (χ3n) is 4.10. The third-order valence-corrected chi connectivity index (χ3v) is 7.96. The Bertz CT molecular complexity index is 1170. The van der Waals surface area contributed by atoms with Crippen LogP contribution in [-0.4, -0.2) is 46.8 Å². The number of aromatic nitrogens is 3. The Balaban J connectivity index is 1.55. The number of nitrogens with zero attached hydrogens (tertiary/aromatic N) is 3. The molecule has 1 aliphatic rings. The molecule has 4 aromatic heterocycles. The molecule has 1 aliphatic carbocycles. The first-order chi connectivity index (χ1) is 12.2. The van der Waals surface area contributed by atoms with Crippen LogP contribution in [0.25, 0.3) is 20.8 Å². The molecule has 0 unspecified atom stereocenters. The molecule has 0 bridgehead atoms. The SMILES string of the molecule is O=C1/C(=C\c2ccc(-n3ccc4ccnnc43)[te]2)C(=O)c2sccc21. The summed E-state index contributed by atoms with van der Waals surface area (Å²) in [4.78, 5) is 25.4. The fourth-order valence-electron chi connectivity index (χ4n) is 2.91. The molecule has 0 spiro atoms. The topological polar surface area (TPSA) is 64.8 Å². The van der Waals surface area contributed by atoms with Gasteiger partial charge in [-0.1, -0.05) is 0 Å². The van der Waals surface area contributed by atoms with Crippen LogP contribution >= 0.6 is 11.3 Å². The molecule has 0 fully saturated rings. The van der Waals surface area contributed by atoms with Gasteiger partial charge in [-0.3, -0.25) is 0 Å². The van der Waals surface area contributed by atoms with Gasteiger partial charge in [-0.05, 0) is 0 Å². The van der Waals surface area contributed by atoms with E-state index >= 15 is 0 Å². The van der Waals surface area contributed by atoms with Crippen LogP contribution in [0.5, 0.6) is 0 Å². The molecular formula is C18H9N3O2STe. The Labute approximate surface area is 155 Å². The van der Waals surface area contributed by atoms with Gasteiger partial charge in [0.25, 0.3) is 0 Å². The number of hydrogen-bond acceptors (Lipinski definition) is 5. The molecule has 4 heterocycles. The predicted molar refractivity (Wildman–Crippen MR) is 96.8 cm³/mol. The quantitative estimate of drug-likeness (QED) is 0.263. The zero-order valence-corrected chi connectivity index (χ0v) is 15.8. The van der Waals surface area contributed by atoms with Crippen LogP contribution in [-0.2, 0) is 0 Å². The van der Waals surface area contributed by atoms with Crippen molar-refractivity contribution in [3.8, 4) is 3.70 Å². The van der Waals surface area contributed by atoms with E-state index in [9.17, 15) is 9.59 Å². The van der Waals surface area contributed by atoms with E-state index < -0.39 is 20.4 Å². The van der Waals surface area contributed by atoms with Crippen molar-refractivity contribution in [2.24, 2.45) is 0 Å². The molecule has 120 valence electrons. The molecule has 0 aromatic carbocycles. The van der Waals surface area contributed by atoms with Gasteiger partial charge in [-0.15, -0.1) is 0 Å². The standard InChI is InChI=1S/C18H9N3O2STe/c22-15-12-5-8-24-17(12)16(23)13(15)9-11-1-2-14(25-11)21-7-4-10-3-6-19-20-18(10)21/h1-9H/b13-9+. The van der Waals surface area contributed by atoms with Gasteiger partial charge in [0.05, 0.1) is 0 Å². The number of thiophene rings is 1. The Kier molecular flexibility index (Phi) is 3.35. The second-order valence-electron chi connectivity index (χ2n) is 5.55. The van der Waals surface area contributed by atoms with E-state index in [4.69, 9.17) is 0 Å². The summed E-state index contributed by atoms with van der Waals surface area (Å²) in [5, 5.41) is 11.0. The summed E-state index contributed by atoms with van der Waals surface area (Å²) in [7, 11) is 0. The van der Waals surface area contributed by atoms with E-state index in [1.54, 1.807) is 23.7 Å². The molecule has 0 amide bonds. The van der Waals surface area contributed by atoms with Crippen LogP contribution in [0.1, 0.15) is 23.6 Å². The summed E-state index contributed by atoms with van der Waals surface area (Å²) < 4.78 is 4.28. The van der Waals surface area contributed by atoms with Crippen molar-refractivity contribution in [3.63, 3.8) is 0 Å². The summed E-state index contributed by atoms with van der Waals surface area (Å²) in [6, 6.07) is 9.72. The van der Waals surface area contributed by atoms with Crippen molar-refractivity contribution >= 4 is 60.4 Å². The van der Waals surface area contributed by atoms with Gasteiger partial charge in [0.15, 0.2) is 0 Å². The number of fused-ring (bicyclic) bond motifs is 2. The second-order valence-corrected chi connectivity index (χ2v) is 9.59. The average Bonchev–Trinajstić information content (AvgIpc) is 3.38. The van der Waals surface area contributed by atoms with E-state index in [0.29, 0.717) is 16.0 Å². The molecule has 4 aromatic rings.